The number of hydrogen-bond donors (Lipinski definition) is 3. The molecule has 0 radical (unpaired) electrons. The summed E-state index contributed by atoms with van der Waals surface area (Å²) in [5.41, 5.74) is 2.31. The van der Waals surface area contributed by atoms with E-state index in [-0.39, 0.29) is 35.8 Å². The van der Waals surface area contributed by atoms with Crippen molar-refractivity contribution in [3.8, 4) is 0 Å². The van der Waals surface area contributed by atoms with E-state index in [2.05, 4.69) is 20.9 Å². The largest absolute Gasteiger partial charge is 0.385 e. The van der Waals surface area contributed by atoms with E-state index in [1.165, 1.54) is 19.3 Å². The molecule has 6 nitrogen and oxygen atoms in total. The minimum absolute atomic E-state index is 0. The normalized spacial score (nSPS) is 15.4. The van der Waals surface area contributed by atoms with E-state index in [0.29, 0.717) is 12.0 Å². The fourth-order valence-electron chi connectivity index (χ4n) is 3.18. The average molecular weight is 502 g/mol. The Labute approximate surface area is 186 Å². The first-order chi connectivity index (χ1) is 13.0. The van der Waals surface area contributed by atoms with Gasteiger partial charge in [0.15, 0.2) is 5.96 Å². The SMILES string of the molecule is CN=C(NCc1ccc(NC(=O)C(C)C)cc1)NCC1(CCOC)CCC1.I. The van der Waals surface area contributed by atoms with E-state index in [4.69, 9.17) is 4.74 Å². The second kappa shape index (κ2) is 12.3. The van der Waals surface area contributed by atoms with Gasteiger partial charge in [0.2, 0.25) is 5.91 Å². The predicted octanol–water partition coefficient (Wildman–Crippen LogP) is 3.77. The van der Waals surface area contributed by atoms with E-state index in [0.717, 1.165) is 36.8 Å². The van der Waals surface area contributed by atoms with Gasteiger partial charge in [0.25, 0.3) is 0 Å². The Hall–Kier alpha value is -1.35. The number of amides is 1. The number of guanidine groups is 1. The zero-order valence-electron chi connectivity index (χ0n) is 17.5. The van der Waals surface area contributed by atoms with Crippen LogP contribution in [0.1, 0.15) is 45.1 Å². The van der Waals surface area contributed by atoms with Gasteiger partial charge in [-0.2, -0.15) is 0 Å². The van der Waals surface area contributed by atoms with Crippen LogP contribution in [-0.2, 0) is 16.1 Å². The van der Waals surface area contributed by atoms with Crippen molar-refractivity contribution in [1.82, 2.24) is 10.6 Å². The van der Waals surface area contributed by atoms with Crippen LogP contribution < -0.4 is 16.0 Å². The van der Waals surface area contributed by atoms with Crippen molar-refractivity contribution in [1.29, 1.82) is 0 Å². The monoisotopic (exact) mass is 502 g/mol. The highest BCUT2D eigenvalue weighted by Crippen LogP contribution is 2.43. The first kappa shape index (κ1) is 24.7. The first-order valence-electron chi connectivity index (χ1n) is 9.81. The van der Waals surface area contributed by atoms with Gasteiger partial charge in [-0.25, -0.2) is 0 Å². The second-order valence-corrected chi connectivity index (χ2v) is 7.72. The first-order valence-corrected chi connectivity index (χ1v) is 9.81. The Morgan fingerprint density at radius 3 is 2.39 bits per heavy atom. The van der Waals surface area contributed by atoms with Crippen molar-refractivity contribution in [3.05, 3.63) is 29.8 Å². The average Bonchev–Trinajstić information content (AvgIpc) is 2.64. The van der Waals surface area contributed by atoms with Crippen LogP contribution in [0.3, 0.4) is 0 Å². The third-order valence-electron chi connectivity index (χ3n) is 5.31. The van der Waals surface area contributed by atoms with Gasteiger partial charge in [0.1, 0.15) is 0 Å². The zero-order valence-corrected chi connectivity index (χ0v) is 19.8. The molecule has 0 saturated heterocycles. The van der Waals surface area contributed by atoms with Crippen molar-refractivity contribution in [2.45, 2.75) is 46.1 Å². The van der Waals surface area contributed by atoms with Crippen molar-refractivity contribution >= 4 is 41.5 Å². The topological polar surface area (TPSA) is 74.8 Å². The predicted molar refractivity (Wildman–Crippen MR) is 126 cm³/mol. The molecule has 1 aromatic carbocycles. The van der Waals surface area contributed by atoms with E-state index in [9.17, 15) is 4.79 Å². The van der Waals surface area contributed by atoms with Crippen LogP contribution in [0.2, 0.25) is 0 Å². The van der Waals surface area contributed by atoms with Crippen LogP contribution in [0.15, 0.2) is 29.3 Å². The van der Waals surface area contributed by atoms with E-state index in [1.54, 1.807) is 14.2 Å². The summed E-state index contributed by atoms with van der Waals surface area (Å²) in [5.74, 6) is 0.823. The number of hydrogen-bond acceptors (Lipinski definition) is 3. The Balaban J connectivity index is 0.00000392. The summed E-state index contributed by atoms with van der Waals surface area (Å²) < 4.78 is 5.26. The molecule has 0 heterocycles. The van der Waals surface area contributed by atoms with Gasteiger partial charge < -0.3 is 20.7 Å². The summed E-state index contributed by atoms with van der Waals surface area (Å²) >= 11 is 0. The summed E-state index contributed by atoms with van der Waals surface area (Å²) in [7, 11) is 3.56. The lowest BCUT2D eigenvalue weighted by Gasteiger charge is -2.42. The molecule has 0 bridgehead atoms. The van der Waals surface area contributed by atoms with E-state index >= 15 is 0 Å². The maximum atomic E-state index is 11.7. The van der Waals surface area contributed by atoms with Gasteiger partial charge in [-0.15, -0.1) is 24.0 Å². The van der Waals surface area contributed by atoms with Gasteiger partial charge in [-0.1, -0.05) is 32.4 Å². The summed E-state index contributed by atoms with van der Waals surface area (Å²) in [6.45, 7) is 6.19. The highest BCUT2D eigenvalue weighted by molar-refractivity contribution is 14.0. The molecule has 1 aliphatic carbocycles. The highest BCUT2D eigenvalue weighted by atomic mass is 127. The lowest BCUT2D eigenvalue weighted by molar-refractivity contribution is -0.118. The Morgan fingerprint density at radius 1 is 1.21 bits per heavy atom. The number of nitrogens with zero attached hydrogens (tertiary/aromatic N) is 1. The number of carbonyl (C=O) groups is 1. The van der Waals surface area contributed by atoms with E-state index < -0.39 is 0 Å². The molecule has 0 aliphatic heterocycles. The third-order valence-corrected chi connectivity index (χ3v) is 5.31. The minimum Gasteiger partial charge on any atom is -0.385 e. The highest BCUT2D eigenvalue weighted by Gasteiger charge is 2.36. The molecule has 2 rings (SSSR count). The number of halogens is 1. The smallest absolute Gasteiger partial charge is 0.226 e. The molecule has 7 heteroatoms. The number of nitrogens with one attached hydrogen (secondary N) is 3. The maximum absolute atomic E-state index is 11.7. The zero-order chi connectivity index (χ0) is 19.7. The molecular weight excluding hydrogens is 467 g/mol. The number of anilines is 1. The fourth-order valence-corrected chi connectivity index (χ4v) is 3.18. The van der Waals surface area contributed by atoms with E-state index in [1.807, 2.05) is 38.1 Å². The second-order valence-electron chi connectivity index (χ2n) is 7.72. The van der Waals surface area contributed by atoms with Gasteiger partial charge >= 0.3 is 0 Å². The Bertz CT molecular complexity index is 628. The standard InChI is InChI=1S/C21H34N4O2.HI/c1-16(2)19(26)25-18-8-6-17(7-9-18)14-23-20(22-3)24-15-21(10-5-11-21)12-13-27-4;/h6-9,16H,5,10-15H2,1-4H3,(H,25,26)(H2,22,23,24);1H. The molecule has 1 amide bonds. The maximum Gasteiger partial charge on any atom is 0.226 e. The summed E-state index contributed by atoms with van der Waals surface area (Å²) in [6.07, 6.45) is 4.90. The molecule has 28 heavy (non-hydrogen) atoms. The molecule has 158 valence electrons. The molecule has 0 unspecified atom stereocenters. The molecule has 1 aromatic rings. The van der Waals surface area contributed by atoms with Crippen LogP contribution in [-0.4, -0.2) is 39.2 Å². The molecule has 3 N–H and O–H groups in total. The van der Waals surface area contributed by atoms with Crippen LogP contribution in [0.25, 0.3) is 0 Å². The Kier molecular flexibility index (Phi) is 10.8. The molecule has 1 aliphatic rings. The fraction of sp³-hybridized carbons (Fsp3) is 0.619. The lowest BCUT2D eigenvalue weighted by atomic mass is 9.67. The minimum atomic E-state index is -0.0245. The van der Waals surface area contributed by atoms with Crippen molar-refractivity contribution in [3.63, 3.8) is 0 Å². The number of aliphatic imine (C=N–C) groups is 1. The molecule has 0 aromatic heterocycles. The van der Waals surface area contributed by atoms with Gasteiger partial charge in [-0.3, -0.25) is 9.79 Å². The summed E-state index contributed by atoms with van der Waals surface area (Å²) in [5, 5.41) is 9.73. The summed E-state index contributed by atoms with van der Waals surface area (Å²) in [4.78, 5) is 16.1. The quantitative estimate of drug-likeness (QED) is 0.273. The van der Waals surface area contributed by atoms with Crippen LogP contribution in [0, 0.1) is 11.3 Å². The van der Waals surface area contributed by atoms with Crippen LogP contribution in [0.5, 0.6) is 0 Å². The molecular formula is C21H35IN4O2. The lowest BCUT2D eigenvalue weighted by Crippen LogP contribution is -2.46. The number of carbonyl (C=O) groups excluding carboxylic acids is 1. The van der Waals surface area contributed by atoms with Gasteiger partial charge in [-0.05, 0) is 42.4 Å². The molecule has 1 fully saturated rings. The summed E-state index contributed by atoms with van der Waals surface area (Å²) in [6, 6.07) is 7.90. The number of ether oxygens (including phenoxy) is 1. The van der Waals surface area contributed by atoms with Crippen molar-refractivity contribution in [2.24, 2.45) is 16.3 Å². The molecule has 0 spiro atoms. The van der Waals surface area contributed by atoms with Crippen LogP contribution in [0.4, 0.5) is 5.69 Å². The van der Waals surface area contributed by atoms with Crippen LogP contribution >= 0.6 is 24.0 Å². The number of methoxy groups -OCH3 is 1. The number of benzene rings is 1. The van der Waals surface area contributed by atoms with Gasteiger partial charge in [0.05, 0.1) is 0 Å². The molecule has 0 atom stereocenters. The van der Waals surface area contributed by atoms with Crippen molar-refractivity contribution < 1.29 is 9.53 Å². The van der Waals surface area contributed by atoms with Gasteiger partial charge in [0, 0.05) is 45.5 Å². The van der Waals surface area contributed by atoms with Crippen molar-refractivity contribution in [2.75, 3.05) is 32.6 Å². The Morgan fingerprint density at radius 2 is 1.89 bits per heavy atom. The number of rotatable bonds is 9. The molecule has 1 saturated carbocycles. The third kappa shape index (κ3) is 7.58.